The van der Waals surface area contributed by atoms with Gasteiger partial charge in [-0.15, -0.1) is 4.72 Å². The summed E-state index contributed by atoms with van der Waals surface area (Å²) in [6, 6.07) is 10.2. The summed E-state index contributed by atoms with van der Waals surface area (Å²) < 4.78 is 75.6. The Morgan fingerprint density at radius 2 is 1.57 bits per heavy atom. The van der Waals surface area contributed by atoms with Crippen LogP contribution in [0.25, 0.3) is 0 Å². The van der Waals surface area contributed by atoms with Crippen LogP contribution in [0.15, 0.2) is 59.5 Å². The van der Waals surface area contributed by atoms with Crippen LogP contribution in [-0.2, 0) is 21.2 Å². The van der Waals surface area contributed by atoms with Gasteiger partial charge in [-0.05, 0) is 39.0 Å². The van der Waals surface area contributed by atoms with Crippen LogP contribution in [-0.4, -0.2) is 30.1 Å². The Labute approximate surface area is 167 Å². The van der Waals surface area contributed by atoms with Gasteiger partial charge in [-0.25, -0.2) is 8.42 Å². The molecule has 0 aliphatic heterocycles. The molecular weight excluding hydrogens is 408 g/mol. The molecule has 0 amide bonds. The Hall–Kier alpha value is -1.68. The molecule has 0 fully saturated rings. The normalized spacial score (nSPS) is 15.1. The Bertz CT molecular complexity index is 900. The predicted molar refractivity (Wildman–Crippen MR) is 105 cm³/mol. The number of hydrogen-bond acceptors (Lipinski definition) is 5. The van der Waals surface area contributed by atoms with Crippen LogP contribution in [0.5, 0.6) is 5.75 Å². The zero-order chi connectivity index (χ0) is 21.2. The molecule has 2 rings (SSSR count). The summed E-state index contributed by atoms with van der Waals surface area (Å²) >= 11 is -1.97. The van der Waals surface area contributed by atoms with Crippen molar-refractivity contribution >= 4 is 21.2 Å². The van der Waals surface area contributed by atoms with Crippen molar-refractivity contribution in [2.75, 3.05) is 7.11 Å². The molecule has 0 heterocycles. The van der Waals surface area contributed by atoms with E-state index in [-0.39, 0.29) is 11.3 Å². The molecule has 0 bridgehead atoms. The first-order chi connectivity index (χ1) is 12.9. The highest BCUT2D eigenvalue weighted by Crippen LogP contribution is 2.43. The van der Waals surface area contributed by atoms with Crippen molar-refractivity contribution in [3.8, 4) is 5.75 Å². The van der Waals surface area contributed by atoms with Crippen LogP contribution in [0, 0.1) is 0 Å². The second-order valence-electron chi connectivity index (χ2n) is 7.05. The molecule has 0 saturated carbocycles. The predicted octanol–water partition coefficient (Wildman–Crippen LogP) is 3.85. The van der Waals surface area contributed by atoms with Gasteiger partial charge in [0.25, 0.3) is 0 Å². The molecule has 0 radical (unpaired) electrons. The lowest BCUT2D eigenvalue weighted by Gasteiger charge is -2.32. The summed E-state index contributed by atoms with van der Waals surface area (Å²) in [5.41, 5.74) is -0.105. The zero-order valence-corrected chi connectivity index (χ0v) is 17.6. The summed E-state index contributed by atoms with van der Waals surface area (Å²) in [7, 11) is -3.80. The quantitative estimate of drug-likeness (QED) is 0.674. The molecule has 0 aliphatic carbocycles. The lowest BCUT2D eigenvalue weighted by atomic mass is 10.1. The van der Waals surface area contributed by atoms with Gasteiger partial charge in [0.05, 0.1) is 12.0 Å². The summed E-state index contributed by atoms with van der Waals surface area (Å²) in [6.07, 6.45) is 0. The number of alkyl halides is 2. The summed E-state index contributed by atoms with van der Waals surface area (Å²) in [5, 5.41) is -4.30. The molecule has 0 aromatic heterocycles. The maximum atomic E-state index is 15.5. The lowest BCUT2D eigenvalue weighted by molar-refractivity contribution is 0.0543. The molecule has 1 unspecified atom stereocenters. The Morgan fingerprint density at radius 1 is 1.04 bits per heavy atom. The average Bonchev–Trinajstić information content (AvgIpc) is 2.65. The van der Waals surface area contributed by atoms with Crippen molar-refractivity contribution in [1.82, 2.24) is 4.72 Å². The fourth-order valence-electron chi connectivity index (χ4n) is 2.41. The van der Waals surface area contributed by atoms with E-state index in [0.717, 1.165) is 12.1 Å². The van der Waals surface area contributed by atoms with Crippen LogP contribution < -0.4 is 9.46 Å². The van der Waals surface area contributed by atoms with E-state index in [1.165, 1.54) is 43.5 Å². The lowest BCUT2D eigenvalue weighted by Crippen LogP contribution is -2.49. The number of ether oxygens (including phenoxy) is 1. The number of halogens is 2. The first-order valence-corrected chi connectivity index (χ1v) is 11.0. The molecule has 5 nitrogen and oxygen atoms in total. The van der Waals surface area contributed by atoms with Crippen molar-refractivity contribution in [3.05, 3.63) is 60.2 Å². The molecule has 2 atom stereocenters. The molecule has 0 saturated heterocycles. The van der Waals surface area contributed by atoms with Crippen LogP contribution in [0.4, 0.5) is 8.78 Å². The molecule has 2 aromatic rings. The van der Waals surface area contributed by atoms with E-state index in [2.05, 4.69) is 4.72 Å². The molecule has 28 heavy (non-hydrogen) atoms. The van der Waals surface area contributed by atoms with Crippen molar-refractivity contribution in [1.29, 1.82) is 0 Å². The van der Waals surface area contributed by atoms with Gasteiger partial charge in [0.1, 0.15) is 10.5 Å². The summed E-state index contributed by atoms with van der Waals surface area (Å²) in [6.45, 7) is 4.79. The third-order valence-corrected chi connectivity index (χ3v) is 7.39. The first-order valence-electron chi connectivity index (χ1n) is 8.41. The highest BCUT2D eigenvalue weighted by Gasteiger charge is 2.56. The standard InChI is InChI=1S/C19H23F2NO4S2/c1-18(2,3)27(23)22-17(15-12-8-9-13-16(15)26-4)19(20,21)28(24,25)14-10-6-5-7-11-14/h5-13,17,22H,1-4H3/t17?,27-/m0/s1. The van der Waals surface area contributed by atoms with Gasteiger partial charge in [-0.3, -0.25) is 0 Å². The van der Waals surface area contributed by atoms with Crippen LogP contribution >= 0.6 is 0 Å². The Morgan fingerprint density at radius 3 is 2.11 bits per heavy atom. The minimum Gasteiger partial charge on any atom is -0.598 e. The zero-order valence-electron chi connectivity index (χ0n) is 16.0. The van der Waals surface area contributed by atoms with Crippen molar-refractivity contribution < 1.29 is 26.5 Å². The molecule has 2 aromatic carbocycles. The average molecular weight is 432 g/mol. The Kier molecular flexibility index (Phi) is 6.75. The highest BCUT2D eigenvalue weighted by molar-refractivity contribution is 7.93. The number of nitrogens with one attached hydrogen (secondary N) is 1. The third kappa shape index (κ3) is 4.48. The minimum atomic E-state index is -5.09. The van der Waals surface area contributed by atoms with E-state index >= 15 is 8.78 Å². The summed E-state index contributed by atoms with van der Waals surface area (Å²) in [5.74, 6) is 0.0637. The fourth-order valence-corrected chi connectivity index (χ4v) is 4.66. The molecule has 0 spiro atoms. The second kappa shape index (κ2) is 8.36. The minimum absolute atomic E-state index is 0.0637. The van der Waals surface area contributed by atoms with E-state index in [9.17, 15) is 13.0 Å². The van der Waals surface area contributed by atoms with Gasteiger partial charge in [-0.1, -0.05) is 36.4 Å². The number of methoxy groups -OCH3 is 1. The van der Waals surface area contributed by atoms with Gasteiger partial charge < -0.3 is 9.29 Å². The van der Waals surface area contributed by atoms with Gasteiger partial charge in [-0.2, -0.15) is 8.78 Å². The summed E-state index contributed by atoms with van der Waals surface area (Å²) in [4.78, 5) is -0.525. The smallest absolute Gasteiger partial charge is 0.373 e. The second-order valence-corrected chi connectivity index (χ2v) is 11.1. The Balaban J connectivity index is 2.63. The molecule has 1 N–H and O–H groups in total. The maximum absolute atomic E-state index is 15.5. The van der Waals surface area contributed by atoms with E-state index in [4.69, 9.17) is 4.74 Å². The number of hydrogen-bond donors (Lipinski definition) is 1. The van der Waals surface area contributed by atoms with Gasteiger partial charge in [0.2, 0.25) is 9.84 Å². The van der Waals surface area contributed by atoms with Crippen molar-refractivity contribution in [2.45, 2.75) is 41.7 Å². The van der Waals surface area contributed by atoms with Crippen molar-refractivity contribution in [3.63, 3.8) is 0 Å². The van der Waals surface area contributed by atoms with Gasteiger partial charge >= 0.3 is 5.25 Å². The van der Waals surface area contributed by atoms with Crippen LogP contribution in [0.1, 0.15) is 32.4 Å². The van der Waals surface area contributed by atoms with Crippen molar-refractivity contribution in [2.24, 2.45) is 0 Å². The monoisotopic (exact) mass is 431 g/mol. The SMILES string of the molecule is COc1ccccc1C(N[S@@+]([O-])C(C)(C)C)C(F)(F)S(=O)(=O)c1ccccc1. The first kappa shape index (κ1) is 22.6. The van der Waals surface area contributed by atoms with Gasteiger partial charge in [0.15, 0.2) is 6.04 Å². The van der Waals surface area contributed by atoms with E-state index in [0.29, 0.717) is 0 Å². The van der Waals surface area contributed by atoms with Crippen LogP contribution in [0.3, 0.4) is 0 Å². The largest absolute Gasteiger partial charge is 0.598 e. The number of sulfone groups is 1. The van der Waals surface area contributed by atoms with E-state index < -0.39 is 42.1 Å². The highest BCUT2D eigenvalue weighted by atomic mass is 32.2. The molecular formula is C19H23F2NO4S2. The van der Waals surface area contributed by atoms with Gasteiger partial charge in [0, 0.05) is 16.9 Å². The molecule has 9 heteroatoms. The van der Waals surface area contributed by atoms with E-state index in [1.54, 1.807) is 26.8 Å². The third-order valence-electron chi connectivity index (χ3n) is 3.98. The fraction of sp³-hybridized carbons (Fsp3) is 0.368. The number of benzene rings is 2. The number of para-hydroxylation sites is 1. The molecule has 154 valence electrons. The van der Waals surface area contributed by atoms with E-state index in [1.807, 2.05) is 0 Å². The molecule has 0 aliphatic rings. The number of rotatable bonds is 7. The maximum Gasteiger partial charge on any atom is 0.373 e. The topological polar surface area (TPSA) is 78.5 Å². The van der Waals surface area contributed by atoms with Crippen LogP contribution in [0.2, 0.25) is 0 Å².